The number of anilines is 1. The number of aromatic nitrogens is 1. The van der Waals surface area contributed by atoms with Crippen LogP contribution in [0.3, 0.4) is 0 Å². The highest BCUT2D eigenvalue weighted by Crippen LogP contribution is 2.29. The second kappa shape index (κ2) is 6.26. The first-order chi connectivity index (χ1) is 10.8. The molecule has 0 aliphatic heterocycles. The third-order valence-corrected chi connectivity index (χ3v) is 3.37. The standard InChI is InChI=1S/C14H15N5O4/c1-8-7-15-9(2)14(8)10(3)16-17-12-5-4-11(18(20)21)6-13(12)19(22)23/h4-7,15,17H,1-3H3/b16-10+. The highest BCUT2D eigenvalue weighted by atomic mass is 16.6. The molecule has 2 aromatic rings. The van der Waals surface area contributed by atoms with Gasteiger partial charge in [0, 0.05) is 23.5 Å². The molecule has 0 atom stereocenters. The van der Waals surface area contributed by atoms with Crippen LogP contribution in [0.4, 0.5) is 17.1 Å². The Kier molecular flexibility index (Phi) is 4.39. The van der Waals surface area contributed by atoms with Crippen LogP contribution in [0.15, 0.2) is 29.5 Å². The molecule has 0 saturated carbocycles. The number of hydrogen-bond acceptors (Lipinski definition) is 6. The van der Waals surface area contributed by atoms with Crippen molar-refractivity contribution < 1.29 is 9.85 Å². The molecule has 0 unspecified atom stereocenters. The first-order valence-electron chi connectivity index (χ1n) is 6.69. The largest absolute Gasteiger partial charge is 0.364 e. The van der Waals surface area contributed by atoms with Crippen molar-refractivity contribution in [1.82, 2.24) is 4.98 Å². The van der Waals surface area contributed by atoms with E-state index in [2.05, 4.69) is 15.5 Å². The number of nitrogens with one attached hydrogen (secondary N) is 2. The zero-order chi connectivity index (χ0) is 17.1. The lowest BCUT2D eigenvalue weighted by Crippen LogP contribution is -2.04. The van der Waals surface area contributed by atoms with Crippen molar-refractivity contribution in [3.63, 3.8) is 0 Å². The van der Waals surface area contributed by atoms with Gasteiger partial charge in [0.1, 0.15) is 5.69 Å². The third-order valence-electron chi connectivity index (χ3n) is 3.37. The molecule has 2 N–H and O–H groups in total. The van der Waals surface area contributed by atoms with Crippen LogP contribution in [0.25, 0.3) is 0 Å². The summed E-state index contributed by atoms with van der Waals surface area (Å²) in [7, 11) is 0. The van der Waals surface area contributed by atoms with Gasteiger partial charge in [-0.15, -0.1) is 0 Å². The molecule has 9 nitrogen and oxygen atoms in total. The Morgan fingerprint density at radius 3 is 2.43 bits per heavy atom. The summed E-state index contributed by atoms with van der Waals surface area (Å²) in [6.45, 7) is 5.59. The molecular weight excluding hydrogens is 302 g/mol. The van der Waals surface area contributed by atoms with Crippen LogP contribution in [0.5, 0.6) is 0 Å². The van der Waals surface area contributed by atoms with E-state index in [-0.39, 0.29) is 11.4 Å². The smallest absolute Gasteiger partial charge is 0.301 e. The number of hydrogen-bond donors (Lipinski definition) is 2. The number of nitrogens with zero attached hydrogens (tertiary/aromatic N) is 3. The number of nitro benzene ring substituents is 2. The minimum atomic E-state index is -0.688. The molecular formula is C14H15N5O4. The number of aryl methyl sites for hydroxylation is 2. The Balaban J connectivity index is 2.35. The van der Waals surface area contributed by atoms with Crippen molar-refractivity contribution >= 4 is 22.8 Å². The van der Waals surface area contributed by atoms with E-state index in [0.29, 0.717) is 5.71 Å². The number of nitro groups is 2. The van der Waals surface area contributed by atoms with Gasteiger partial charge in [-0.25, -0.2) is 0 Å². The van der Waals surface area contributed by atoms with E-state index < -0.39 is 15.5 Å². The summed E-state index contributed by atoms with van der Waals surface area (Å²) in [5.41, 5.74) is 5.45. The topological polar surface area (TPSA) is 126 Å². The Morgan fingerprint density at radius 2 is 1.91 bits per heavy atom. The molecule has 0 aliphatic rings. The molecule has 0 fully saturated rings. The normalized spacial score (nSPS) is 11.3. The third kappa shape index (κ3) is 3.34. The van der Waals surface area contributed by atoms with Crippen molar-refractivity contribution in [2.75, 3.05) is 5.43 Å². The first kappa shape index (κ1) is 16.1. The van der Waals surface area contributed by atoms with E-state index in [1.165, 1.54) is 12.1 Å². The van der Waals surface area contributed by atoms with E-state index in [1.807, 2.05) is 20.0 Å². The predicted molar refractivity (Wildman–Crippen MR) is 85.9 cm³/mol. The van der Waals surface area contributed by atoms with Gasteiger partial charge >= 0.3 is 5.69 Å². The van der Waals surface area contributed by atoms with Crippen molar-refractivity contribution in [2.45, 2.75) is 20.8 Å². The monoisotopic (exact) mass is 317 g/mol. The lowest BCUT2D eigenvalue weighted by Gasteiger charge is -2.05. The lowest BCUT2D eigenvalue weighted by atomic mass is 10.1. The average molecular weight is 317 g/mol. The predicted octanol–water partition coefficient (Wildman–Crippen LogP) is 3.28. The summed E-state index contributed by atoms with van der Waals surface area (Å²) in [5, 5.41) is 25.9. The number of rotatable bonds is 5. The molecule has 2 rings (SSSR count). The van der Waals surface area contributed by atoms with Crippen LogP contribution in [0.1, 0.15) is 23.7 Å². The van der Waals surface area contributed by atoms with Crippen LogP contribution in [0.2, 0.25) is 0 Å². The highest BCUT2D eigenvalue weighted by Gasteiger charge is 2.19. The van der Waals surface area contributed by atoms with Crippen molar-refractivity contribution in [1.29, 1.82) is 0 Å². The summed E-state index contributed by atoms with van der Waals surface area (Å²) in [6, 6.07) is 3.36. The maximum atomic E-state index is 11.1. The highest BCUT2D eigenvalue weighted by molar-refractivity contribution is 6.01. The average Bonchev–Trinajstić information content (AvgIpc) is 2.83. The molecule has 1 aromatic heterocycles. The number of aromatic amines is 1. The van der Waals surface area contributed by atoms with Gasteiger partial charge in [0.25, 0.3) is 5.69 Å². The quantitative estimate of drug-likeness (QED) is 0.497. The van der Waals surface area contributed by atoms with Crippen molar-refractivity contribution in [2.24, 2.45) is 5.10 Å². The number of benzene rings is 1. The van der Waals surface area contributed by atoms with Crippen LogP contribution in [-0.4, -0.2) is 20.5 Å². The van der Waals surface area contributed by atoms with Crippen LogP contribution in [-0.2, 0) is 0 Å². The fraction of sp³-hybridized carbons (Fsp3) is 0.214. The number of non-ortho nitro benzene ring substituents is 1. The van der Waals surface area contributed by atoms with Gasteiger partial charge in [-0.2, -0.15) is 5.10 Å². The molecule has 0 radical (unpaired) electrons. The van der Waals surface area contributed by atoms with Crippen LogP contribution in [0, 0.1) is 34.1 Å². The molecule has 0 saturated heterocycles. The minimum Gasteiger partial charge on any atom is -0.364 e. The van der Waals surface area contributed by atoms with Crippen LogP contribution < -0.4 is 5.43 Å². The molecule has 120 valence electrons. The number of H-pyrrole nitrogens is 1. The summed E-state index contributed by atoms with van der Waals surface area (Å²) in [4.78, 5) is 23.5. The first-order valence-corrected chi connectivity index (χ1v) is 6.69. The molecule has 23 heavy (non-hydrogen) atoms. The van der Waals surface area contributed by atoms with Crippen LogP contribution >= 0.6 is 0 Å². The molecule has 0 spiro atoms. The second-order valence-electron chi connectivity index (χ2n) is 5.00. The summed E-state index contributed by atoms with van der Waals surface area (Å²) in [5.74, 6) is 0. The summed E-state index contributed by atoms with van der Waals surface area (Å²) < 4.78 is 0. The lowest BCUT2D eigenvalue weighted by molar-refractivity contribution is -0.393. The molecule has 1 aromatic carbocycles. The molecule has 0 bridgehead atoms. The fourth-order valence-corrected chi connectivity index (χ4v) is 2.29. The maximum absolute atomic E-state index is 11.1. The van der Waals surface area contributed by atoms with Crippen molar-refractivity contribution in [3.8, 4) is 0 Å². The van der Waals surface area contributed by atoms with Gasteiger partial charge in [-0.05, 0) is 32.4 Å². The Hall–Kier alpha value is -3.23. The minimum absolute atomic E-state index is 0.0887. The Morgan fingerprint density at radius 1 is 1.22 bits per heavy atom. The summed E-state index contributed by atoms with van der Waals surface area (Å²) >= 11 is 0. The molecule has 9 heteroatoms. The van der Waals surface area contributed by atoms with Gasteiger partial charge in [0.2, 0.25) is 0 Å². The van der Waals surface area contributed by atoms with E-state index in [0.717, 1.165) is 22.9 Å². The molecule has 1 heterocycles. The van der Waals surface area contributed by atoms with Gasteiger partial charge in [0.15, 0.2) is 0 Å². The Labute approximate surface area is 131 Å². The van der Waals surface area contributed by atoms with Gasteiger partial charge < -0.3 is 4.98 Å². The fourth-order valence-electron chi connectivity index (χ4n) is 2.29. The van der Waals surface area contributed by atoms with E-state index in [9.17, 15) is 20.2 Å². The molecule has 0 amide bonds. The second-order valence-corrected chi connectivity index (χ2v) is 5.00. The molecule has 0 aliphatic carbocycles. The zero-order valence-corrected chi connectivity index (χ0v) is 12.8. The van der Waals surface area contributed by atoms with Crippen molar-refractivity contribution in [3.05, 3.63) is 61.4 Å². The SMILES string of the molecule is C/C(=N\Nc1ccc([N+](=O)[O-])cc1[N+](=O)[O-])c1c(C)c[nH]c1C. The maximum Gasteiger partial charge on any atom is 0.301 e. The zero-order valence-electron chi connectivity index (χ0n) is 12.8. The van der Waals surface area contributed by atoms with E-state index in [4.69, 9.17) is 0 Å². The van der Waals surface area contributed by atoms with E-state index in [1.54, 1.807) is 6.92 Å². The number of hydrazone groups is 1. The summed E-state index contributed by atoms with van der Waals surface area (Å²) in [6.07, 6.45) is 1.85. The van der Waals surface area contributed by atoms with Gasteiger partial charge in [0.05, 0.1) is 21.6 Å². The van der Waals surface area contributed by atoms with Gasteiger partial charge in [-0.3, -0.25) is 25.7 Å². The Bertz CT molecular complexity index is 790. The van der Waals surface area contributed by atoms with E-state index >= 15 is 0 Å². The van der Waals surface area contributed by atoms with Gasteiger partial charge in [-0.1, -0.05) is 0 Å².